The molecule has 1 aromatic heterocycles. The van der Waals surface area contributed by atoms with Crippen LogP contribution in [0.2, 0.25) is 0 Å². The number of carbonyl (C=O) groups excluding carboxylic acids is 1. The highest BCUT2D eigenvalue weighted by Gasteiger charge is 2.15. The molecule has 2 rings (SSSR count). The van der Waals surface area contributed by atoms with Gasteiger partial charge in [-0.15, -0.1) is 0 Å². The van der Waals surface area contributed by atoms with E-state index in [0.29, 0.717) is 6.54 Å². The average Bonchev–Trinajstić information content (AvgIpc) is 3.10. The molecule has 0 atom stereocenters. The van der Waals surface area contributed by atoms with E-state index in [4.69, 9.17) is 9.15 Å². The molecular formula is C27H41NO4. The molecule has 2 aromatic rings. The van der Waals surface area contributed by atoms with Crippen molar-refractivity contribution in [3.8, 4) is 0 Å². The van der Waals surface area contributed by atoms with E-state index in [1.54, 1.807) is 20.5 Å². The first kappa shape index (κ1) is 29.2. The molecule has 1 aromatic carbocycles. The van der Waals surface area contributed by atoms with Gasteiger partial charge in [-0.05, 0) is 57.9 Å². The first-order chi connectivity index (χ1) is 15.0. The molecule has 5 nitrogen and oxygen atoms in total. The number of methoxy groups -OCH3 is 1. The molecule has 0 fully saturated rings. The van der Waals surface area contributed by atoms with Crippen molar-refractivity contribution in [2.24, 2.45) is 0 Å². The van der Waals surface area contributed by atoms with Gasteiger partial charge in [-0.1, -0.05) is 56.7 Å². The molecule has 0 bridgehead atoms. The van der Waals surface area contributed by atoms with Gasteiger partial charge in [-0.3, -0.25) is 0 Å². The summed E-state index contributed by atoms with van der Waals surface area (Å²) in [5, 5.41) is 3.63. The van der Waals surface area contributed by atoms with E-state index < -0.39 is 11.7 Å². The summed E-state index contributed by atoms with van der Waals surface area (Å²) in [7, 11) is 3.25. The zero-order valence-electron chi connectivity index (χ0n) is 21.3. The number of nitrogens with one attached hydrogen (secondary N) is 1. The van der Waals surface area contributed by atoms with Gasteiger partial charge >= 0.3 is 6.09 Å². The first-order valence-corrected chi connectivity index (χ1v) is 10.9. The van der Waals surface area contributed by atoms with Gasteiger partial charge in [0.1, 0.15) is 11.0 Å². The molecule has 0 saturated carbocycles. The van der Waals surface area contributed by atoms with Crippen molar-refractivity contribution in [2.45, 2.75) is 67.0 Å². The van der Waals surface area contributed by atoms with E-state index in [1.165, 1.54) is 6.42 Å². The van der Waals surface area contributed by atoms with Crippen LogP contribution in [0.5, 0.6) is 0 Å². The third-order valence-electron chi connectivity index (χ3n) is 3.50. The average molecular weight is 444 g/mol. The highest BCUT2D eigenvalue weighted by atomic mass is 16.6. The number of hydrogen-bond donors (Lipinski definition) is 1. The fourth-order valence-corrected chi connectivity index (χ4v) is 2.48. The normalized spacial score (nSPS) is 11.2. The van der Waals surface area contributed by atoms with Crippen LogP contribution < -0.4 is 16.0 Å². The maximum Gasteiger partial charge on any atom is 0.407 e. The predicted molar refractivity (Wildman–Crippen MR) is 134 cm³/mol. The number of rotatable bonds is 4. The van der Waals surface area contributed by atoms with Crippen molar-refractivity contribution in [2.75, 3.05) is 14.2 Å². The number of alkyl carbamates (subject to hydrolysis) is 1. The Hall–Kier alpha value is -2.79. The number of allylic oxidation sites excluding steroid dienone is 2. The van der Waals surface area contributed by atoms with Crippen molar-refractivity contribution in [3.05, 3.63) is 70.0 Å². The zero-order valence-corrected chi connectivity index (χ0v) is 21.3. The maximum atomic E-state index is 11.9. The predicted octanol–water partition coefficient (Wildman–Crippen LogP) is 5.56. The molecule has 0 unspecified atom stereocenters. The minimum atomic E-state index is -0.514. The highest BCUT2D eigenvalue weighted by Crippen LogP contribution is 2.17. The topological polar surface area (TPSA) is 60.7 Å². The fraction of sp³-hybridized carbons (Fsp3) is 0.444. The molecule has 0 saturated heterocycles. The van der Waals surface area contributed by atoms with Crippen LogP contribution in [0.15, 0.2) is 52.7 Å². The van der Waals surface area contributed by atoms with E-state index in [0.717, 1.165) is 32.9 Å². The number of ether oxygens (including phenoxy) is 2. The van der Waals surface area contributed by atoms with Gasteiger partial charge in [-0.25, -0.2) is 4.79 Å². The summed E-state index contributed by atoms with van der Waals surface area (Å²) < 4.78 is 15.2. The standard InChI is InChI=1S/C22H27NO3.C3H8.C2H6O/c1-15(2)12-19(20-16(3)10-11-25-20)18-9-7-8-17(13-18)14-23-21(24)26-22(4,5)6;2*1-3-2/h7-13H,3,14H2,1-2,4-6H3,(H,23,24);3H2,1-2H3;1-2H3/b20-19-;;. The minimum Gasteiger partial charge on any atom is -0.464 e. The Morgan fingerprint density at radius 3 is 2.22 bits per heavy atom. The molecule has 0 radical (unpaired) electrons. The van der Waals surface area contributed by atoms with Crippen molar-refractivity contribution in [3.63, 3.8) is 0 Å². The number of amides is 1. The SMILES string of the molecule is C=c1cco/c1=C(/C=C(C)C)c1cccc(CNC(=O)OC(C)(C)C)c1.CCC.COC. The second-order valence-electron chi connectivity index (χ2n) is 8.58. The largest absolute Gasteiger partial charge is 0.464 e. The van der Waals surface area contributed by atoms with E-state index in [1.807, 2.05) is 65.0 Å². The van der Waals surface area contributed by atoms with Crippen LogP contribution in [0.1, 0.15) is 66.0 Å². The van der Waals surface area contributed by atoms with Gasteiger partial charge in [0.05, 0.1) is 6.26 Å². The van der Waals surface area contributed by atoms with E-state index >= 15 is 0 Å². The molecule has 32 heavy (non-hydrogen) atoms. The lowest BCUT2D eigenvalue weighted by Crippen LogP contribution is -2.32. The Bertz CT molecular complexity index is 943. The lowest BCUT2D eigenvalue weighted by atomic mass is 10.0. The van der Waals surface area contributed by atoms with E-state index in [-0.39, 0.29) is 0 Å². The van der Waals surface area contributed by atoms with Crippen LogP contribution in [0.3, 0.4) is 0 Å². The Labute approximate surface area is 193 Å². The summed E-state index contributed by atoms with van der Waals surface area (Å²) in [5.41, 5.74) is 4.36. The van der Waals surface area contributed by atoms with Gasteiger partial charge < -0.3 is 19.2 Å². The van der Waals surface area contributed by atoms with E-state index in [9.17, 15) is 4.79 Å². The number of carbonyl (C=O) groups is 1. The van der Waals surface area contributed by atoms with E-state index in [2.05, 4.69) is 36.6 Å². The molecule has 1 N–H and O–H groups in total. The third kappa shape index (κ3) is 12.2. The quantitative estimate of drug-likeness (QED) is 0.672. The molecule has 0 aliphatic rings. The summed E-state index contributed by atoms with van der Waals surface area (Å²) >= 11 is 0. The molecule has 5 heteroatoms. The van der Waals surface area contributed by atoms with Crippen molar-refractivity contribution >= 4 is 18.2 Å². The van der Waals surface area contributed by atoms with Crippen LogP contribution in [0, 0.1) is 0 Å². The van der Waals surface area contributed by atoms with Crippen molar-refractivity contribution < 1.29 is 18.7 Å². The van der Waals surface area contributed by atoms with Crippen molar-refractivity contribution in [1.82, 2.24) is 5.32 Å². The molecule has 0 aliphatic heterocycles. The summed E-state index contributed by atoms with van der Waals surface area (Å²) in [6.07, 6.45) is 4.54. The van der Waals surface area contributed by atoms with Gasteiger partial charge in [0.2, 0.25) is 0 Å². The summed E-state index contributed by atoms with van der Waals surface area (Å²) in [6.45, 7) is 18.3. The molecule has 0 aliphatic carbocycles. The van der Waals surface area contributed by atoms with Crippen molar-refractivity contribution in [1.29, 1.82) is 0 Å². The summed E-state index contributed by atoms with van der Waals surface area (Å²) in [4.78, 5) is 11.9. The summed E-state index contributed by atoms with van der Waals surface area (Å²) in [6, 6.07) is 9.84. The number of hydrogen-bond acceptors (Lipinski definition) is 4. The van der Waals surface area contributed by atoms with Crippen LogP contribution in [-0.2, 0) is 16.0 Å². The van der Waals surface area contributed by atoms with Crippen LogP contribution >= 0.6 is 0 Å². The smallest absolute Gasteiger partial charge is 0.407 e. The second kappa shape index (κ2) is 15.1. The summed E-state index contributed by atoms with van der Waals surface area (Å²) in [5.74, 6) is 0. The molecular weight excluding hydrogens is 402 g/mol. The van der Waals surface area contributed by atoms with Gasteiger partial charge in [0.15, 0.2) is 0 Å². The van der Waals surface area contributed by atoms with Crippen LogP contribution in [0.25, 0.3) is 12.2 Å². The van der Waals surface area contributed by atoms with Gasteiger partial charge in [0, 0.05) is 31.6 Å². The Balaban J connectivity index is 0.00000144. The Morgan fingerprint density at radius 1 is 1.16 bits per heavy atom. The fourth-order valence-electron chi connectivity index (χ4n) is 2.48. The van der Waals surface area contributed by atoms with Gasteiger partial charge in [0.25, 0.3) is 0 Å². The molecule has 1 amide bonds. The highest BCUT2D eigenvalue weighted by molar-refractivity contribution is 5.74. The second-order valence-corrected chi connectivity index (χ2v) is 8.58. The lowest BCUT2D eigenvalue weighted by Gasteiger charge is -2.19. The zero-order chi connectivity index (χ0) is 24.7. The Kier molecular flexibility index (Phi) is 13.8. The third-order valence-corrected chi connectivity index (χ3v) is 3.50. The molecule has 178 valence electrons. The van der Waals surface area contributed by atoms with Gasteiger partial charge in [-0.2, -0.15) is 0 Å². The number of benzene rings is 1. The van der Waals surface area contributed by atoms with Crippen LogP contribution in [0.4, 0.5) is 4.79 Å². The lowest BCUT2D eigenvalue weighted by molar-refractivity contribution is 0.0523. The van der Waals surface area contributed by atoms with Crippen LogP contribution in [-0.4, -0.2) is 25.9 Å². The monoisotopic (exact) mass is 443 g/mol. The minimum absolute atomic E-state index is 0.389. The maximum absolute atomic E-state index is 11.9. The Morgan fingerprint density at radius 2 is 1.75 bits per heavy atom. The molecule has 0 spiro atoms. The molecule has 1 heterocycles. The first-order valence-electron chi connectivity index (χ1n) is 10.9. The number of furan rings is 1.